The van der Waals surface area contributed by atoms with Gasteiger partial charge < -0.3 is 5.32 Å². The van der Waals surface area contributed by atoms with E-state index in [-0.39, 0.29) is 0 Å². The maximum Gasteiger partial charge on any atom is 0.227 e. The van der Waals surface area contributed by atoms with Crippen LogP contribution in [0.4, 0.5) is 11.6 Å². The number of aromatic nitrogens is 2. The Hall–Kier alpha value is -1.95. The summed E-state index contributed by atoms with van der Waals surface area (Å²) >= 11 is 2.20. The van der Waals surface area contributed by atoms with Crippen molar-refractivity contribution in [3.63, 3.8) is 0 Å². The zero-order valence-corrected chi connectivity index (χ0v) is 13.3. The molecular formula is C17H12IN3. The topological polar surface area (TPSA) is 37.8 Å². The second-order valence-electron chi connectivity index (χ2n) is 5.06. The summed E-state index contributed by atoms with van der Waals surface area (Å²) in [7, 11) is 0. The van der Waals surface area contributed by atoms with Crippen LogP contribution in [0.25, 0.3) is 11.1 Å². The van der Waals surface area contributed by atoms with Crippen LogP contribution in [0.5, 0.6) is 0 Å². The number of hydrogen-bond donors (Lipinski definition) is 1. The lowest BCUT2D eigenvalue weighted by Gasteiger charge is -2.07. The molecule has 0 atom stereocenters. The predicted molar refractivity (Wildman–Crippen MR) is 92.7 cm³/mol. The summed E-state index contributed by atoms with van der Waals surface area (Å²) in [6.07, 6.45) is 4.60. The number of rotatable bonds is 2. The molecule has 4 heteroatoms. The molecule has 21 heavy (non-hydrogen) atoms. The van der Waals surface area contributed by atoms with Gasteiger partial charge in [0.1, 0.15) is 0 Å². The van der Waals surface area contributed by atoms with Gasteiger partial charge in [-0.2, -0.15) is 0 Å². The Labute approximate surface area is 136 Å². The highest BCUT2D eigenvalue weighted by molar-refractivity contribution is 14.1. The van der Waals surface area contributed by atoms with E-state index in [1.807, 2.05) is 0 Å². The molecule has 1 aliphatic rings. The minimum Gasteiger partial charge on any atom is -0.324 e. The van der Waals surface area contributed by atoms with Crippen molar-refractivity contribution >= 4 is 34.2 Å². The van der Waals surface area contributed by atoms with Crippen molar-refractivity contribution in [1.82, 2.24) is 9.97 Å². The predicted octanol–water partition coefficient (Wildman–Crippen LogP) is 4.40. The number of halogens is 1. The van der Waals surface area contributed by atoms with E-state index in [1.165, 1.54) is 22.3 Å². The molecule has 0 spiro atoms. The van der Waals surface area contributed by atoms with Crippen LogP contribution < -0.4 is 5.32 Å². The monoisotopic (exact) mass is 385 g/mol. The molecule has 3 aromatic rings. The molecule has 1 heterocycles. The van der Waals surface area contributed by atoms with E-state index >= 15 is 0 Å². The first-order valence-corrected chi connectivity index (χ1v) is 7.83. The van der Waals surface area contributed by atoms with Crippen LogP contribution in [-0.4, -0.2) is 9.97 Å². The standard InChI is InChI=1S/C17H12IN3/c18-13-9-19-17(20-10-13)21-14-5-6-16-12(8-14)7-11-3-1-2-4-15(11)16/h1-6,8-10H,7H2,(H,19,20,21). The third-order valence-electron chi connectivity index (χ3n) is 3.67. The normalized spacial score (nSPS) is 11.9. The number of nitrogens with one attached hydrogen (secondary N) is 1. The van der Waals surface area contributed by atoms with Gasteiger partial charge in [0.25, 0.3) is 0 Å². The van der Waals surface area contributed by atoms with Gasteiger partial charge in [-0.1, -0.05) is 30.3 Å². The Morgan fingerprint density at radius 2 is 1.67 bits per heavy atom. The molecule has 2 aromatic carbocycles. The summed E-state index contributed by atoms with van der Waals surface area (Å²) in [5.74, 6) is 0.630. The fourth-order valence-corrected chi connectivity index (χ4v) is 3.01. The molecule has 0 amide bonds. The highest BCUT2D eigenvalue weighted by Gasteiger charge is 2.17. The molecule has 0 fully saturated rings. The summed E-state index contributed by atoms with van der Waals surface area (Å²) in [6.45, 7) is 0. The molecular weight excluding hydrogens is 373 g/mol. The minimum absolute atomic E-state index is 0.630. The van der Waals surface area contributed by atoms with E-state index in [4.69, 9.17) is 0 Å². The summed E-state index contributed by atoms with van der Waals surface area (Å²) < 4.78 is 1.03. The van der Waals surface area contributed by atoms with E-state index in [0.29, 0.717) is 5.95 Å². The van der Waals surface area contributed by atoms with Crippen molar-refractivity contribution in [3.8, 4) is 11.1 Å². The lowest BCUT2D eigenvalue weighted by molar-refractivity contribution is 1.15. The number of anilines is 2. The summed E-state index contributed by atoms with van der Waals surface area (Å²) in [5, 5.41) is 3.26. The van der Waals surface area contributed by atoms with Gasteiger partial charge in [-0.3, -0.25) is 0 Å². The van der Waals surface area contributed by atoms with Gasteiger partial charge in [-0.05, 0) is 63.4 Å². The van der Waals surface area contributed by atoms with Gasteiger partial charge in [0.2, 0.25) is 5.95 Å². The molecule has 0 radical (unpaired) electrons. The number of fused-ring (bicyclic) bond motifs is 3. The third kappa shape index (κ3) is 2.40. The van der Waals surface area contributed by atoms with Gasteiger partial charge in [0.15, 0.2) is 0 Å². The molecule has 3 nitrogen and oxygen atoms in total. The first-order chi connectivity index (χ1) is 10.3. The molecule has 0 unspecified atom stereocenters. The van der Waals surface area contributed by atoms with E-state index in [0.717, 1.165) is 15.7 Å². The molecule has 1 aromatic heterocycles. The minimum atomic E-state index is 0.630. The molecule has 0 saturated heterocycles. The second-order valence-corrected chi connectivity index (χ2v) is 6.30. The van der Waals surface area contributed by atoms with Gasteiger partial charge in [-0.25, -0.2) is 9.97 Å². The maximum absolute atomic E-state index is 4.28. The largest absolute Gasteiger partial charge is 0.324 e. The Bertz CT molecular complexity index is 813. The Balaban J connectivity index is 1.65. The molecule has 1 aliphatic carbocycles. The number of hydrogen-bond acceptors (Lipinski definition) is 3. The van der Waals surface area contributed by atoms with E-state index in [9.17, 15) is 0 Å². The lowest BCUT2D eigenvalue weighted by atomic mass is 10.1. The van der Waals surface area contributed by atoms with Crippen LogP contribution in [0, 0.1) is 3.57 Å². The fourth-order valence-electron chi connectivity index (χ4n) is 2.73. The quantitative estimate of drug-likeness (QED) is 0.520. The summed E-state index contributed by atoms with van der Waals surface area (Å²) in [4.78, 5) is 8.55. The SMILES string of the molecule is Ic1cnc(Nc2ccc3c(c2)Cc2ccccc2-3)nc1. The number of nitrogens with zero attached hydrogens (tertiary/aromatic N) is 2. The highest BCUT2D eigenvalue weighted by atomic mass is 127. The van der Waals surface area contributed by atoms with E-state index in [2.05, 4.69) is 80.3 Å². The van der Waals surface area contributed by atoms with Crippen LogP contribution in [0.2, 0.25) is 0 Å². The number of benzene rings is 2. The van der Waals surface area contributed by atoms with Crippen LogP contribution in [0.15, 0.2) is 54.9 Å². The van der Waals surface area contributed by atoms with Crippen molar-refractivity contribution in [3.05, 3.63) is 69.6 Å². The van der Waals surface area contributed by atoms with Crippen LogP contribution in [0.1, 0.15) is 11.1 Å². The zero-order chi connectivity index (χ0) is 14.2. The molecule has 102 valence electrons. The Morgan fingerprint density at radius 3 is 2.52 bits per heavy atom. The zero-order valence-electron chi connectivity index (χ0n) is 11.2. The first-order valence-electron chi connectivity index (χ1n) is 6.75. The summed E-state index contributed by atoms with van der Waals surface area (Å²) in [5.41, 5.74) is 6.47. The van der Waals surface area contributed by atoms with Crippen molar-refractivity contribution in [2.45, 2.75) is 6.42 Å². The van der Waals surface area contributed by atoms with Crippen molar-refractivity contribution in [2.75, 3.05) is 5.32 Å². The average molecular weight is 385 g/mol. The smallest absolute Gasteiger partial charge is 0.227 e. The Morgan fingerprint density at radius 1 is 0.905 bits per heavy atom. The van der Waals surface area contributed by atoms with Crippen LogP contribution in [0.3, 0.4) is 0 Å². The first kappa shape index (κ1) is 12.8. The average Bonchev–Trinajstić information content (AvgIpc) is 2.87. The van der Waals surface area contributed by atoms with Crippen LogP contribution >= 0.6 is 22.6 Å². The van der Waals surface area contributed by atoms with Gasteiger partial charge in [0.05, 0.1) is 0 Å². The molecule has 0 aliphatic heterocycles. The maximum atomic E-state index is 4.28. The lowest BCUT2D eigenvalue weighted by Crippen LogP contribution is -1.97. The van der Waals surface area contributed by atoms with Crippen molar-refractivity contribution in [1.29, 1.82) is 0 Å². The Kier molecular flexibility index (Phi) is 3.11. The molecule has 0 saturated carbocycles. The third-order valence-corrected chi connectivity index (χ3v) is 4.23. The molecule has 0 bridgehead atoms. The van der Waals surface area contributed by atoms with Gasteiger partial charge in [-0.15, -0.1) is 0 Å². The van der Waals surface area contributed by atoms with Gasteiger partial charge >= 0.3 is 0 Å². The highest BCUT2D eigenvalue weighted by Crippen LogP contribution is 2.37. The van der Waals surface area contributed by atoms with E-state index < -0.39 is 0 Å². The fraction of sp³-hybridized carbons (Fsp3) is 0.0588. The molecule has 1 N–H and O–H groups in total. The summed E-state index contributed by atoms with van der Waals surface area (Å²) in [6, 6.07) is 15.0. The van der Waals surface area contributed by atoms with E-state index in [1.54, 1.807) is 12.4 Å². The van der Waals surface area contributed by atoms with Crippen LogP contribution in [-0.2, 0) is 6.42 Å². The second kappa shape index (κ2) is 5.11. The van der Waals surface area contributed by atoms with Gasteiger partial charge in [0, 0.05) is 21.7 Å². The van der Waals surface area contributed by atoms with Crippen molar-refractivity contribution < 1.29 is 0 Å². The molecule has 4 rings (SSSR count). The van der Waals surface area contributed by atoms with Crippen molar-refractivity contribution in [2.24, 2.45) is 0 Å².